The van der Waals surface area contributed by atoms with Crippen molar-refractivity contribution in [1.82, 2.24) is 14.9 Å². The first kappa shape index (κ1) is 15.2. The molecule has 1 aliphatic rings. The van der Waals surface area contributed by atoms with E-state index in [1.54, 1.807) is 0 Å². The molecule has 1 fully saturated rings. The van der Waals surface area contributed by atoms with Crippen molar-refractivity contribution >= 4 is 16.9 Å². The third kappa shape index (κ3) is 3.54. The summed E-state index contributed by atoms with van der Waals surface area (Å²) in [4.78, 5) is 11.6. The maximum absolute atomic E-state index is 8.98. The summed E-state index contributed by atoms with van der Waals surface area (Å²) in [6.45, 7) is 6.17. The first-order chi connectivity index (χ1) is 10.8. The quantitative estimate of drug-likeness (QED) is 0.885. The van der Waals surface area contributed by atoms with Gasteiger partial charge in [-0.1, -0.05) is 12.1 Å². The molecule has 0 atom stereocenters. The number of piperidine rings is 1. The van der Waals surface area contributed by atoms with Crippen LogP contribution in [0.15, 0.2) is 24.3 Å². The highest BCUT2D eigenvalue weighted by Crippen LogP contribution is 2.20. The van der Waals surface area contributed by atoms with Gasteiger partial charge in [0, 0.05) is 13.1 Å². The molecule has 0 saturated carbocycles. The summed E-state index contributed by atoms with van der Waals surface area (Å²) < 4.78 is 0. The highest BCUT2D eigenvalue weighted by molar-refractivity contribution is 5.76. The largest absolute Gasteiger partial charge is 0.395 e. The number of aliphatic hydroxyl groups excluding tert-OH is 1. The van der Waals surface area contributed by atoms with Gasteiger partial charge in [-0.05, 0) is 50.9 Å². The van der Waals surface area contributed by atoms with Crippen LogP contribution in [0.2, 0.25) is 0 Å². The maximum Gasteiger partial charge on any atom is 0.148 e. The first-order valence-electron chi connectivity index (χ1n) is 8.06. The molecule has 1 aromatic heterocycles. The number of benzene rings is 1. The second-order valence-corrected chi connectivity index (χ2v) is 6.04. The fraction of sp³-hybridized carbons (Fsp3) is 0.529. The van der Waals surface area contributed by atoms with E-state index in [1.807, 2.05) is 31.2 Å². The number of β-amino-alcohol motifs (C(OH)–C–C–N with tert-alkyl or cyclic N) is 1. The Kier molecular flexibility index (Phi) is 4.85. The highest BCUT2D eigenvalue weighted by Gasteiger charge is 2.19. The van der Waals surface area contributed by atoms with Crippen molar-refractivity contribution in [3.05, 3.63) is 30.0 Å². The number of nitrogens with zero attached hydrogens (tertiary/aromatic N) is 3. The molecule has 1 aromatic carbocycles. The molecule has 0 radical (unpaired) electrons. The summed E-state index contributed by atoms with van der Waals surface area (Å²) in [6, 6.07) is 7.98. The van der Waals surface area contributed by atoms with Crippen LogP contribution in [0.4, 0.5) is 5.82 Å². The standard InChI is InChI=1S/C17H24N4O/c1-13-17(20-16-5-3-2-4-15(16)19-13)18-12-14-6-8-21(9-7-14)10-11-22/h2-5,14,22H,6-12H2,1H3,(H,18,20). The Hall–Kier alpha value is -1.72. The van der Waals surface area contributed by atoms with Gasteiger partial charge in [-0.25, -0.2) is 9.97 Å². The molecule has 2 N–H and O–H groups in total. The monoisotopic (exact) mass is 300 g/mol. The minimum atomic E-state index is 0.259. The van der Waals surface area contributed by atoms with Gasteiger partial charge in [-0.3, -0.25) is 0 Å². The van der Waals surface area contributed by atoms with Crippen molar-refractivity contribution in [3.63, 3.8) is 0 Å². The third-order valence-corrected chi connectivity index (χ3v) is 4.43. The lowest BCUT2D eigenvalue weighted by molar-refractivity contribution is 0.151. The van der Waals surface area contributed by atoms with Gasteiger partial charge in [0.1, 0.15) is 5.82 Å². The molecule has 5 nitrogen and oxygen atoms in total. The van der Waals surface area contributed by atoms with Crippen LogP contribution < -0.4 is 5.32 Å². The molecule has 0 spiro atoms. The number of likely N-dealkylation sites (tertiary alicyclic amines) is 1. The Balaban J connectivity index is 1.59. The van der Waals surface area contributed by atoms with E-state index in [4.69, 9.17) is 5.11 Å². The van der Waals surface area contributed by atoms with E-state index in [2.05, 4.69) is 20.2 Å². The molecule has 5 heteroatoms. The number of rotatable bonds is 5. The topological polar surface area (TPSA) is 61.3 Å². The number of fused-ring (bicyclic) bond motifs is 1. The number of para-hydroxylation sites is 2. The van der Waals surface area contributed by atoms with Gasteiger partial charge in [0.05, 0.1) is 23.3 Å². The Labute approximate surface area is 131 Å². The zero-order valence-corrected chi connectivity index (χ0v) is 13.1. The van der Waals surface area contributed by atoms with E-state index < -0.39 is 0 Å². The maximum atomic E-state index is 8.98. The Bertz CT molecular complexity index is 623. The van der Waals surface area contributed by atoms with E-state index in [0.29, 0.717) is 5.92 Å². The van der Waals surface area contributed by atoms with Crippen LogP contribution in [0.25, 0.3) is 11.0 Å². The van der Waals surface area contributed by atoms with E-state index in [1.165, 1.54) is 12.8 Å². The molecule has 22 heavy (non-hydrogen) atoms. The zero-order chi connectivity index (χ0) is 15.4. The van der Waals surface area contributed by atoms with Crippen molar-refractivity contribution in [3.8, 4) is 0 Å². The van der Waals surface area contributed by atoms with Crippen LogP contribution in [0.3, 0.4) is 0 Å². The van der Waals surface area contributed by atoms with Gasteiger partial charge in [-0.15, -0.1) is 0 Å². The summed E-state index contributed by atoms with van der Waals surface area (Å²) in [7, 11) is 0. The van der Waals surface area contributed by atoms with E-state index in [0.717, 1.165) is 48.7 Å². The SMILES string of the molecule is Cc1nc2ccccc2nc1NCC1CCN(CCO)CC1. The van der Waals surface area contributed by atoms with Crippen LogP contribution in [0.1, 0.15) is 18.5 Å². The van der Waals surface area contributed by atoms with Crippen LogP contribution in [-0.4, -0.2) is 52.8 Å². The third-order valence-electron chi connectivity index (χ3n) is 4.43. The molecule has 2 aromatic rings. The normalized spacial score (nSPS) is 17.0. The molecule has 0 amide bonds. The molecule has 118 valence electrons. The minimum absolute atomic E-state index is 0.259. The summed E-state index contributed by atoms with van der Waals surface area (Å²) in [6.07, 6.45) is 2.35. The van der Waals surface area contributed by atoms with Gasteiger partial charge in [0.25, 0.3) is 0 Å². The van der Waals surface area contributed by atoms with Crippen molar-refractivity contribution in [2.45, 2.75) is 19.8 Å². The van der Waals surface area contributed by atoms with E-state index in [9.17, 15) is 0 Å². The van der Waals surface area contributed by atoms with Gasteiger partial charge in [0.2, 0.25) is 0 Å². The first-order valence-corrected chi connectivity index (χ1v) is 8.06. The number of hydrogen-bond donors (Lipinski definition) is 2. The Morgan fingerprint density at radius 3 is 2.55 bits per heavy atom. The average Bonchev–Trinajstić information content (AvgIpc) is 2.54. The lowest BCUT2D eigenvalue weighted by atomic mass is 9.97. The number of hydrogen-bond acceptors (Lipinski definition) is 5. The Morgan fingerprint density at radius 2 is 1.86 bits per heavy atom. The molecule has 0 bridgehead atoms. The second-order valence-electron chi connectivity index (χ2n) is 6.04. The Morgan fingerprint density at radius 1 is 1.18 bits per heavy atom. The van der Waals surface area contributed by atoms with Crippen LogP contribution in [0.5, 0.6) is 0 Å². The van der Waals surface area contributed by atoms with Crippen LogP contribution >= 0.6 is 0 Å². The molecule has 3 rings (SSSR count). The van der Waals surface area contributed by atoms with Gasteiger partial charge in [-0.2, -0.15) is 0 Å². The molecular weight excluding hydrogens is 276 g/mol. The highest BCUT2D eigenvalue weighted by atomic mass is 16.3. The molecule has 1 aliphatic heterocycles. The van der Waals surface area contributed by atoms with Crippen molar-refractivity contribution in [1.29, 1.82) is 0 Å². The van der Waals surface area contributed by atoms with Crippen LogP contribution in [0, 0.1) is 12.8 Å². The number of aromatic nitrogens is 2. The number of nitrogens with one attached hydrogen (secondary N) is 1. The molecule has 1 saturated heterocycles. The second kappa shape index (κ2) is 7.03. The summed E-state index contributed by atoms with van der Waals surface area (Å²) >= 11 is 0. The number of aliphatic hydroxyl groups is 1. The van der Waals surface area contributed by atoms with E-state index >= 15 is 0 Å². The minimum Gasteiger partial charge on any atom is -0.395 e. The lowest BCUT2D eigenvalue weighted by Gasteiger charge is -2.31. The predicted molar refractivity (Wildman–Crippen MR) is 89.0 cm³/mol. The zero-order valence-electron chi connectivity index (χ0n) is 13.1. The van der Waals surface area contributed by atoms with Gasteiger partial charge >= 0.3 is 0 Å². The summed E-state index contributed by atoms with van der Waals surface area (Å²) in [5, 5.41) is 12.5. The van der Waals surface area contributed by atoms with Crippen molar-refractivity contribution < 1.29 is 5.11 Å². The average molecular weight is 300 g/mol. The number of anilines is 1. The fourth-order valence-electron chi connectivity index (χ4n) is 3.05. The van der Waals surface area contributed by atoms with Gasteiger partial charge in [0.15, 0.2) is 0 Å². The summed E-state index contributed by atoms with van der Waals surface area (Å²) in [5.41, 5.74) is 2.84. The molecule has 0 aliphatic carbocycles. The van der Waals surface area contributed by atoms with Crippen LogP contribution in [-0.2, 0) is 0 Å². The molecule has 0 unspecified atom stereocenters. The van der Waals surface area contributed by atoms with Gasteiger partial charge < -0.3 is 15.3 Å². The molecular formula is C17H24N4O. The predicted octanol–water partition coefficient (Wildman–Crippen LogP) is 2.05. The smallest absolute Gasteiger partial charge is 0.148 e. The summed E-state index contributed by atoms with van der Waals surface area (Å²) in [5.74, 6) is 1.57. The molecule has 2 heterocycles. The van der Waals surface area contributed by atoms with Crippen molar-refractivity contribution in [2.75, 3.05) is 38.1 Å². The lowest BCUT2D eigenvalue weighted by Crippen LogP contribution is -2.37. The fourth-order valence-corrected chi connectivity index (χ4v) is 3.05. The van der Waals surface area contributed by atoms with E-state index in [-0.39, 0.29) is 6.61 Å². The van der Waals surface area contributed by atoms with Crippen molar-refractivity contribution in [2.24, 2.45) is 5.92 Å². The number of aryl methyl sites for hydroxylation is 1.